The molecule has 0 aliphatic carbocycles. The van der Waals surface area contributed by atoms with Gasteiger partial charge in [-0.2, -0.15) is 0 Å². The van der Waals surface area contributed by atoms with Crippen molar-refractivity contribution in [2.75, 3.05) is 20.1 Å². The van der Waals surface area contributed by atoms with Crippen molar-refractivity contribution >= 4 is 0 Å². The Hall–Kier alpha value is -0.0400. The number of unbranched alkanes of at least 4 members (excludes halogenated alkanes) is 2. The molecule has 0 saturated heterocycles. The van der Waals surface area contributed by atoms with Gasteiger partial charge in [0.2, 0.25) is 0 Å². The zero-order valence-electron chi connectivity index (χ0n) is 11.4. The molecule has 0 heterocycles. The van der Waals surface area contributed by atoms with Gasteiger partial charge in [-0.3, -0.25) is 0 Å². The van der Waals surface area contributed by atoms with E-state index in [1.807, 2.05) is 0 Å². The van der Waals surface area contributed by atoms with Crippen LogP contribution in [-0.4, -0.2) is 25.0 Å². The van der Waals surface area contributed by atoms with Crippen molar-refractivity contribution in [3.8, 4) is 0 Å². The first kappa shape index (κ1) is 15.0. The smallest absolute Gasteiger partial charge is 0.00217 e. The summed E-state index contributed by atoms with van der Waals surface area (Å²) < 4.78 is 0. The molecule has 92 valence electrons. The molecule has 0 aromatic carbocycles. The van der Waals surface area contributed by atoms with Crippen LogP contribution in [0.2, 0.25) is 0 Å². The fourth-order valence-corrected chi connectivity index (χ4v) is 2.09. The van der Waals surface area contributed by atoms with Crippen molar-refractivity contribution < 1.29 is 0 Å². The van der Waals surface area contributed by atoms with Crippen LogP contribution in [-0.2, 0) is 0 Å². The molecule has 0 saturated carbocycles. The van der Waals surface area contributed by atoms with E-state index in [9.17, 15) is 0 Å². The lowest BCUT2D eigenvalue weighted by molar-refractivity contribution is 0.302. The summed E-state index contributed by atoms with van der Waals surface area (Å²) in [4.78, 5) is 2.50. The Morgan fingerprint density at radius 2 is 1.47 bits per heavy atom. The first-order chi connectivity index (χ1) is 7.24. The van der Waals surface area contributed by atoms with E-state index >= 15 is 0 Å². The Kier molecular flexibility index (Phi) is 10.4. The van der Waals surface area contributed by atoms with Crippen LogP contribution in [0.15, 0.2) is 0 Å². The van der Waals surface area contributed by atoms with Crippen molar-refractivity contribution in [2.24, 2.45) is 5.92 Å². The van der Waals surface area contributed by atoms with Crippen molar-refractivity contribution in [3.63, 3.8) is 0 Å². The zero-order valence-corrected chi connectivity index (χ0v) is 11.4. The van der Waals surface area contributed by atoms with Gasteiger partial charge in [0.1, 0.15) is 0 Å². The highest BCUT2D eigenvalue weighted by Gasteiger charge is 2.04. The lowest BCUT2D eigenvalue weighted by Gasteiger charge is -2.18. The Morgan fingerprint density at radius 3 is 2.00 bits per heavy atom. The normalized spacial score (nSPS) is 11.6. The summed E-state index contributed by atoms with van der Waals surface area (Å²) in [6, 6.07) is 0. The molecule has 0 aromatic heterocycles. The largest absolute Gasteiger partial charge is 0.306 e. The van der Waals surface area contributed by atoms with E-state index in [-0.39, 0.29) is 0 Å². The summed E-state index contributed by atoms with van der Waals surface area (Å²) >= 11 is 0. The molecule has 0 N–H and O–H groups in total. The van der Waals surface area contributed by atoms with E-state index in [0.717, 1.165) is 5.92 Å². The van der Waals surface area contributed by atoms with Crippen molar-refractivity contribution in [3.05, 3.63) is 0 Å². The summed E-state index contributed by atoms with van der Waals surface area (Å²) in [5.41, 5.74) is 0. The minimum absolute atomic E-state index is 0.967. The lowest BCUT2D eigenvalue weighted by atomic mass is 9.97. The number of hydrogen-bond acceptors (Lipinski definition) is 1. The van der Waals surface area contributed by atoms with Gasteiger partial charge in [-0.25, -0.2) is 0 Å². The highest BCUT2D eigenvalue weighted by Crippen LogP contribution is 2.14. The highest BCUT2D eigenvalue weighted by atomic mass is 15.1. The molecular weight excluding hydrogens is 182 g/mol. The van der Waals surface area contributed by atoms with Crippen LogP contribution < -0.4 is 0 Å². The molecule has 15 heavy (non-hydrogen) atoms. The molecule has 0 spiro atoms. The first-order valence-corrected chi connectivity index (χ1v) is 6.93. The summed E-state index contributed by atoms with van der Waals surface area (Å²) in [5.74, 6) is 0.967. The molecule has 0 rings (SSSR count). The third kappa shape index (κ3) is 8.92. The molecule has 0 amide bonds. The van der Waals surface area contributed by atoms with Crippen LogP contribution >= 0.6 is 0 Å². The fourth-order valence-electron chi connectivity index (χ4n) is 2.09. The monoisotopic (exact) mass is 213 g/mol. The average molecular weight is 213 g/mol. The molecule has 0 atom stereocenters. The molecule has 0 aliphatic heterocycles. The predicted molar refractivity (Wildman–Crippen MR) is 70.3 cm³/mol. The summed E-state index contributed by atoms with van der Waals surface area (Å²) in [7, 11) is 2.27. The van der Waals surface area contributed by atoms with Crippen LogP contribution in [0.3, 0.4) is 0 Å². The molecule has 0 aliphatic rings. The van der Waals surface area contributed by atoms with Gasteiger partial charge in [0, 0.05) is 0 Å². The van der Waals surface area contributed by atoms with Crippen molar-refractivity contribution in [1.82, 2.24) is 4.90 Å². The maximum Gasteiger partial charge on any atom is -0.00217 e. The van der Waals surface area contributed by atoms with Gasteiger partial charge in [0.25, 0.3) is 0 Å². The Morgan fingerprint density at radius 1 is 0.867 bits per heavy atom. The summed E-state index contributed by atoms with van der Waals surface area (Å²) in [6.07, 6.45) is 9.61. The molecular formula is C14H31N. The molecule has 0 radical (unpaired) electrons. The second kappa shape index (κ2) is 10.5. The van der Waals surface area contributed by atoms with Gasteiger partial charge in [-0.05, 0) is 45.3 Å². The SMILES string of the molecule is CCCCCN(C)CCCC(CC)CC. The van der Waals surface area contributed by atoms with E-state index in [0.29, 0.717) is 0 Å². The van der Waals surface area contributed by atoms with Crippen molar-refractivity contribution in [1.29, 1.82) is 0 Å². The van der Waals surface area contributed by atoms with Crippen LogP contribution in [0.25, 0.3) is 0 Å². The summed E-state index contributed by atoms with van der Waals surface area (Å²) in [6.45, 7) is 9.49. The van der Waals surface area contributed by atoms with Crippen LogP contribution in [0.1, 0.15) is 65.7 Å². The van der Waals surface area contributed by atoms with E-state index in [1.165, 1.54) is 58.0 Å². The molecule has 0 bridgehead atoms. The van der Waals surface area contributed by atoms with E-state index in [1.54, 1.807) is 0 Å². The van der Waals surface area contributed by atoms with Gasteiger partial charge in [0.15, 0.2) is 0 Å². The Labute approximate surface area is 97.2 Å². The molecule has 1 nitrogen and oxygen atoms in total. The zero-order chi connectivity index (χ0) is 11.5. The molecule has 1 heteroatoms. The molecule has 0 aromatic rings. The minimum Gasteiger partial charge on any atom is -0.306 e. The predicted octanol–water partition coefficient (Wildman–Crippen LogP) is 4.32. The van der Waals surface area contributed by atoms with E-state index < -0.39 is 0 Å². The molecule has 0 fully saturated rings. The third-order valence-corrected chi connectivity index (χ3v) is 3.45. The first-order valence-electron chi connectivity index (χ1n) is 6.93. The topological polar surface area (TPSA) is 3.24 Å². The number of nitrogens with zero attached hydrogens (tertiary/aromatic N) is 1. The van der Waals surface area contributed by atoms with Gasteiger partial charge < -0.3 is 4.90 Å². The van der Waals surface area contributed by atoms with Gasteiger partial charge >= 0.3 is 0 Å². The highest BCUT2D eigenvalue weighted by molar-refractivity contribution is 4.58. The molecule has 0 unspecified atom stereocenters. The third-order valence-electron chi connectivity index (χ3n) is 3.45. The van der Waals surface area contributed by atoms with E-state index in [2.05, 4.69) is 32.7 Å². The van der Waals surface area contributed by atoms with Gasteiger partial charge in [-0.15, -0.1) is 0 Å². The maximum atomic E-state index is 2.50. The Balaban J connectivity index is 3.33. The fraction of sp³-hybridized carbons (Fsp3) is 1.00. The average Bonchev–Trinajstić information content (AvgIpc) is 2.25. The summed E-state index contributed by atoms with van der Waals surface area (Å²) in [5, 5.41) is 0. The maximum absolute atomic E-state index is 2.50. The lowest BCUT2D eigenvalue weighted by Crippen LogP contribution is -2.21. The number of hydrogen-bond donors (Lipinski definition) is 0. The standard InChI is InChI=1S/C14H31N/c1-5-8-9-12-15(4)13-10-11-14(6-2)7-3/h14H,5-13H2,1-4H3. The van der Waals surface area contributed by atoms with Crippen molar-refractivity contribution in [2.45, 2.75) is 65.7 Å². The van der Waals surface area contributed by atoms with Crippen LogP contribution in [0.5, 0.6) is 0 Å². The second-order valence-corrected chi connectivity index (χ2v) is 4.84. The van der Waals surface area contributed by atoms with E-state index in [4.69, 9.17) is 0 Å². The van der Waals surface area contributed by atoms with Gasteiger partial charge in [0.05, 0.1) is 0 Å². The van der Waals surface area contributed by atoms with Crippen LogP contribution in [0.4, 0.5) is 0 Å². The Bertz CT molecular complexity index is 119. The quantitative estimate of drug-likeness (QED) is 0.488. The van der Waals surface area contributed by atoms with Gasteiger partial charge in [-0.1, -0.05) is 46.5 Å². The van der Waals surface area contributed by atoms with Crippen LogP contribution in [0, 0.1) is 5.92 Å². The second-order valence-electron chi connectivity index (χ2n) is 4.84. The minimum atomic E-state index is 0.967. The number of rotatable bonds is 10.